The molecular weight excluding hydrogens is 328 g/mol. The van der Waals surface area contributed by atoms with E-state index in [2.05, 4.69) is 26.3 Å². The van der Waals surface area contributed by atoms with Gasteiger partial charge in [-0.05, 0) is 29.8 Å². The Morgan fingerprint density at radius 3 is 2.87 bits per heavy atom. The molecule has 0 aliphatic carbocycles. The average Bonchev–Trinajstić information content (AvgIpc) is 2.61. The van der Waals surface area contributed by atoms with E-state index in [1.54, 1.807) is 11.8 Å². The fourth-order valence-corrected chi connectivity index (χ4v) is 3.53. The summed E-state index contributed by atoms with van der Waals surface area (Å²) in [6.45, 7) is 0.657. The van der Waals surface area contributed by atoms with Gasteiger partial charge in [0.05, 0.1) is 5.69 Å². The molecule has 0 bridgehead atoms. The molecule has 0 unspecified atom stereocenters. The maximum Gasteiger partial charge on any atom is 0.223 e. The van der Waals surface area contributed by atoms with E-state index in [0.717, 1.165) is 38.2 Å². The lowest BCUT2D eigenvalue weighted by Crippen LogP contribution is -2.07. The van der Waals surface area contributed by atoms with Crippen LogP contribution in [-0.4, -0.2) is 15.0 Å². The summed E-state index contributed by atoms with van der Waals surface area (Å²) in [6.07, 6.45) is 3.72. The predicted octanol–water partition coefficient (Wildman–Crippen LogP) is 4.41. The predicted molar refractivity (Wildman–Crippen MR) is 93.6 cm³/mol. The zero-order chi connectivity index (χ0) is 15.6. The molecular formula is C17H13ClN4S. The van der Waals surface area contributed by atoms with E-state index in [-0.39, 0.29) is 0 Å². The Hall–Kier alpha value is -2.11. The molecule has 3 heterocycles. The van der Waals surface area contributed by atoms with Crippen molar-refractivity contribution in [1.82, 2.24) is 15.0 Å². The summed E-state index contributed by atoms with van der Waals surface area (Å²) >= 11 is 7.63. The van der Waals surface area contributed by atoms with Gasteiger partial charge >= 0.3 is 0 Å². The first-order valence-corrected chi connectivity index (χ1v) is 8.58. The van der Waals surface area contributed by atoms with Gasteiger partial charge in [-0.2, -0.15) is 0 Å². The maximum atomic E-state index is 5.90. The third kappa shape index (κ3) is 3.02. The summed E-state index contributed by atoms with van der Waals surface area (Å²) in [7, 11) is 0. The molecule has 1 aliphatic rings. The average molecular weight is 341 g/mol. The van der Waals surface area contributed by atoms with Crippen molar-refractivity contribution in [2.24, 2.45) is 0 Å². The van der Waals surface area contributed by atoms with Crippen molar-refractivity contribution in [3.8, 4) is 11.3 Å². The highest BCUT2D eigenvalue weighted by molar-refractivity contribution is 7.98. The number of hydrogen-bond acceptors (Lipinski definition) is 5. The van der Waals surface area contributed by atoms with Crippen molar-refractivity contribution in [3.63, 3.8) is 0 Å². The van der Waals surface area contributed by atoms with Crippen molar-refractivity contribution in [3.05, 3.63) is 64.9 Å². The summed E-state index contributed by atoms with van der Waals surface area (Å²) < 4.78 is 0. The van der Waals surface area contributed by atoms with Crippen molar-refractivity contribution >= 4 is 29.3 Å². The monoisotopic (exact) mass is 340 g/mol. The number of thioether (sulfide) groups is 1. The van der Waals surface area contributed by atoms with Gasteiger partial charge in [-0.3, -0.25) is 0 Å². The number of benzene rings is 1. The number of hydrogen-bond donors (Lipinski definition) is 1. The second kappa shape index (κ2) is 6.18. The van der Waals surface area contributed by atoms with Gasteiger partial charge in [-0.25, -0.2) is 15.0 Å². The van der Waals surface area contributed by atoms with E-state index in [1.807, 2.05) is 42.7 Å². The first-order valence-electron chi connectivity index (χ1n) is 7.22. The van der Waals surface area contributed by atoms with Crippen LogP contribution < -0.4 is 5.32 Å². The second-order valence-corrected chi connectivity index (χ2v) is 6.59. The molecule has 6 heteroatoms. The topological polar surface area (TPSA) is 50.7 Å². The van der Waals surface area contributed by atoms with Crippen LogP contribution in [0.3, 0.4) is 0 Å². The molecule has 4 rings (SSSR count). The van der Waals surface area contributed by atoms with Gasteiger partial charge in [-0.15, -0.1) is 11.8 Å². The number of fused-ring (bicyclic) bond motifs is 3. The molecule has 0 spiro atoms. The Kier molecular flexibility index (Phi) is 3.89. The Balaban J connectivity index is 1.59. The molecule has 0 atom stereocenters. The quantitative estimate of drug-likeness (QED) is 0.765. The lowest BCUT2D eigenvalue weighted by Gasteiger charge is -2.17. The third-order valence-electron chi connectivity index (χ3n) is 3.62. The molecule has 0 saturated carbocycles. The minimum absolute atomic E-state index is 0.625. The molecule has 1 N–H and O–H groups in total. The van der Waals surface area contributed by atoms with Crippen LogP contribution >= 0.6 is 23.4 Å². The Morgan fingerprint density at radius 1 is 1.13 bits per heavy atom. The molecule has 4 nitrogen and oxygen atoms in total. The first-order chi connectivity index (χ1) is 11.3. The number of anilines is 1. The Morgan fingerprint density at radius 2 is 2.00 bits per heavy atom. The standard InChI is InChI=1S/C17H13ClN4S/c18-13-5-3-11(4-6-13)8-20-17-21-9-12-10-23-16-14(15(12)22-17)2-1-7-19-16/h1-7,9H,8,10H2,(H,20,21,22). The van der Waals surface area contributed by atoms with Crippen LogP contribution in [0.5, 0.6) is 0 Å². The lowest BCUT2D eigenvalue weighted by atomic mass is 10.1. The summed E-state index contributed by atoms with van der Waals surface area (Å²) in [4.78, 5) is 13.5. The van der Waals surface area contributed by atoms with Crippen LogP contribution in [-0.2, 0) is 12.3 Å². The number of nitrogens with one attached hydrogen (secondary N) is 1. The first kappa shape index (κ1) is 14.5. The zero-order valence-corrected chi connectivity index (χ0v) is 13.7. The van der Waals surface area contributed by atoms with Gasteiger partial charge in [0.1, 0.15) is 5.03 Å². The molecule has 23 heavy (non-hydrogen) atoms. The zero-order valence-electron chi connectivity index (χ0n) is 12.2. The highest BCUT2D eigenvalue weighted by Crippen LogP contribution is 2.38. The van der Waals surface area contributed by atoms with E-state index in [4.69, 9.17) is 11.6 Å². The van der Waals surface area contributed by atoms with Gasteiger partial charge in [0.15, 0.2) is 0 Å². The van der Waals surface area contributed by atoms with E-state index in [9.17, 15) is 0 Å². The van der Waals surface area contributed by atoms with Gasteiger partial charge in [0.25, 0.3) is 0 Å². The molecule has 0 radical (unpaired) electrons. The van der Waals surface area contributed by atoms with E-state index >= 15 is 0 Å². The highest BCUT2D eigenvalue weighted by Gasteiger charge is 2.19. The summed E-state index contributed by atoms with van der Waals surface area (Å²) in [5.74, 6) is 1.48. The van der Waals surface area contributed by atoms with Crippen molar-refractivity contribution < 1.29 is 0 Å². The number of halogens is 1. The Labute approximate surface area is 143 Å². The molecule has 114 valence electrons. The van der Waals surface area contributed by atoms with Crippen LogP contribution in [0.4, 0.5) is 5.95 Å². The molecule has 2 aromatic heterocycles. The van der Waals surface area contributed by atoms with E-state index in [1.165, 1.54) is 0 Å². The Bertz CT molecular complexity index is 851. The highest BCUT2D eigenvalue weighted by atomic mass is 35.5. The molecule has 0 amide bonds. The summed E-state index contributed by atoms with van der Waals surface area (Å²) in [6, 6.07) is 11.7. The number of nitrogens with zero attached hydrogens (tertiary/aromatic N) is 3. The van der Waals surface area contributed by atoms with Gasteiger partial charge < -0.3 is 5.32 Å². The lowest BCUT2D eigenvalue weighted by molar-refractivity contribution is 1.02. The fraction of sp³-hybridized carbons (Fsp3) is 0.118. The van der Waals surface area contributed by atoms with Crippen LogP contribution in [0.15, 0.2) is 53.8 Å². The van der Waals surface area contributed by atoms with Crippen molar-refractivity contribution in [1.29, 1.82) is 0 Å². The summed E-state index contributed by atoms with van der Waals surface area (Å²) in [5.41, 5.74) is 4.33. The SMILES string of the molecule is Clc1ccc(CNc2ncc3c(n2)-c2cccnc2SC3)cc1. The third-order valence-corrected chi connectivity index (χ3v) is 4.93. The number of rotatable bonds is 3. The number of pyridine rings is 1. The fourth-order valence-electron chi connectivity index (χ4n) is 2.45. The molecule has 1 aromatic carbocycles. The van der Waals surface area contributed by atoms with Crippen LogP contribution in [0, 0.1) is 0 Å². The van der Waals surface area contributed by atoms with Crippen LogP contribution in [0.1, 0.15) is 11.1 Å². The maximum absolute atomic E-state index is 5.90. The largest absolute Gasteiger partial charge is 0.350 e. The summed E-state index contributed by atoms with van der Waals surface area (Å²) in [5, 5.41) is 5.04. The second-order valence-electron chi connectivity index (χ2n) is 5.19. The van der Waals surface area contributed by atoms with Crippen molar-refractivity contribution in [2.75, 3.05) is 5.32 Å². The van der Waals surface area contributed by atoms with Crippen LogP contribution in [0.2, 0.25) is 5.02 Å². The molecule has 3 aromatic rings. The number of aromatic nitrogens is 3. The van der Waals surface area contributed by atoms with Crippen molar-refractivity contribution in [2.45, 2.75) is 17.3 Å². The molecule has 0 fully saturated rings. The van der Waals surface area contributed by atoms with Gasteiger partial charge in [0.2, 0.25) is 5.95 Å². The smallest absolute Gasteiger partial charge is 0.223 e. The van der Waals surface area contributed by atoms with Gasteiger partial charge in [-0.1, -0.05) is 23.7 Å². The minimum atomic E-state index is 0.625. The van der Waals surface area contributed by atoms with E-state index < -0.39 is 0 Å². The molecule has 1 aliphatic heterocycles. The van der Waals surface area contributed by atoms with Crippen LogP contribution in [0.25, 0.3) is 11.3 Å². The van der Waals surface area contributed by atoms with E-state index in [0.29, 0.717) is 12.5 Å². The van der Waals surface area contributed by atoms with Gasteiger partial charge in [0, 0.05) is 40.8 Å². The normalized spacial score (nSPS) is 12.4. The minimum Gasteiger partial charge on any atom is -0.350 e. The molecule has 0 saturated heterocycles.